The lowest BCUT2D eigenvalue weighted by Gasteiger charge is -2.03. The molecule has 0 unspecified atom stereocenters. The van der Waals surface area contributed by atoms with Crippen LogP contribution in [0, 0.1) is 17.0 Å². The summed E-state index contributed by atoms with van der Waals surface area (Å²) in [6.45, 7) is 1.67. The molecule has 16 heavy (non-hydrogen) atoms. The molecule has 8 heteroatoms. The number of benzene rings is 1. The van der Waals surface area contributed by atoms with E-state index in [0.29, 0.717) is 16.0 Å². The summed E-state index contributed by atoms with van der Waals surface area (Å²) in [5.74, 6) is 0.491. The fraction of sp³-hybridized carbons (Fsp3) is 0.125. The van der Waals surface area contributed by atoms with Gasteiger partial charge in [-0.1, -0.05) is 15.9 Å². The molecule has 0 spiro atoms. The Kier molecular flexibility index (Phi) is 2.65. The molecule has 0 aliphatic carbocycles. The molecule has 1 heterocycles. The molecule has 0 aliphatic heterocycles. The van der Waals surface area contributed by atoms with Crippen molar-refractivity contribution in [3.8, 4) is 5.69 Å². The van der Waals surface area contributed by atoms with Gasteiger partial charge in [-0.25, -0.2) is 0 Å². The van der Waals surface area contributed by atoms with E-state index in [9.17, 15) is 10.1 Å². The molecule has 7 nitrogen and oxygen atoms in total. The molecular weight excluding hydrogens is 278 g/mol. The second-order valence-electron chi connectivity index (χ2n) is 3.03. The van der Waals surface area contributed by atoms with Crippen LogP contribution < -0.4 is 0 Å². The van der Waals surface area contributed by atoms with Gasteiger partial charge in [0.15, 0.2) is 5.82 Å². The van der Waals surface area contributed by atoms with E-state index in [1.807, 2.05) is 0 Å². The summed E-state index contributed by atoms with van der Waals surface area (Å²) in [6, 6.07) is 4.70. The third-order valence-electron chi connectivity index (χ3n) is 1.99. The van der Waals surface area contributed by atoms with E-state index in [4.69, 9.17) is 0 Å². The number of hydrogen-bond donors (Lipinski definition) is 0. The summed E-state index contributed by atoms with van der Waals surface area (Å²) in [6.07, 6.45) is 0. The Balaban J connectivity index is 2.65. The maximum Gasteiger partial charge on any atom is 0.296 e. The largest absolute Gasteiger partial charge is 0.296 e. The Morgan fingerprint density at radius 2 is 2.25 bits per heavy atom. The Labute approximate surface area is 98.4 Å². The van der Waals surface area contributed by atoms with Crippen molar-refractivity contribution < 1.29 is 4.92 Å². The second kappa shape index (κ2) is 3.97. The number of nitrogens with zero attached hydrogens (tertiary/aromatic N) is 5. The molecule has 0 radical (unpaired) electrons. The van der Waals surface area contributed by atoms with Crippen LogP contribution in [0.1, 0.15) is 5.82 Å². The van der Waals surface area contributed by atoms with E-state index in [2.05, 4.69) is 31.5 Å². The van der Waals surface area contributed by atoms with Gasteiger partial charge in [-0.05, 0) is 29.5 Å². The molecule has 2 aromatic rings. The van der Waals surface area contributed by atoms with Crippen molar-refractivity contribution in [3.05, 3.63) is 38.6 Å². The first-order chi connectivity index (χ1) is 7.59. The smallest absolute Gasteiger partial charge is 0.258 e. The van der Waals surface area contributed by atoms with Crippen LogP contribution >= 0.6 is 15.9 Å². The van der Waals surface area contributed by atoms with Crippen LogP contribution in [0.15, 0.2) is 22.7 Å². The molecule has 82 valence electrons. The Hall–Kier alpha value is -1.83. The number of hydrogen-bond acceptors (Lipinski definition) is 5. The molecule has 2 rings (SSSR count). The van der Waals surface area contributed by atoms with Gasteiger partial charge < -0.3 is 0 Å². The summed E-state index contributed by atoms with van der Waals surface area (Å²) in [5, 5.41) is 21.7. The van der Waals surface area contributed by atoms with E-state index in [-0.39, 0.29) is 5.69 Å². The van der Waals surface area contributed by atoms with Crippen molar-refractivity contribution in [1.82, 2.24) is 20.2 Å². The summed E-state index contributed by atoms with van der Waals surface area (Å²) in [5.41, 5.74) is 0.292. The predicted octanol–water partition coefficient (Wildman–Crippen LogP) is 1.64. The monoisotopic (exact) mass is 283 g/mol. The van der Waals surface area contributed by atoms with Crippen molar-refractivity contribution in [1.29, 1.82) is 0 Å². The van der Waals surface area contributed by atoms with Gasteiger partial charge in [0.25, 0.3) is 5.69 Å². The molecule has 0 bridgehead atoms. The second-order valence-corrected chi connectivity index (χ2v) is 3.94. The third-order valence-corrected chi connectivity index (χ3v) is 2.48. The lowest BCUT2D eigenvalue weighted by molar-refractivity contribution is -0.384. The highest BCUT2D eigenvalue weighted by Crippen LogP contribution is 2.26. The summed E-state index contributed by atoms with van der Waals surface area (Å²) < 4.78 is 1.96. The maximum atomic E-state index is 10.9. The van der Waals surface area contributed by atoms with Crippen LogP contribution in [0.4, 0.5) is 5.69 Å². The van der Waals surface area contributed by atoms with Crippen LogP contribution in [0.3, 0.4) is 0 Å². The lowest BCUT2D eigenvalue weighted by atomic mass is 10.2. The molecule has 0 N–H and O–H groups in total. The number of nitro benzene ring substituents is 1. The number of aromatic nitrogens is 4. The molecule has 0 atom stereocenters. The lowest BCUT2D eigenvalue weighted by Crippen LogP contribution is -2.03. The van der Waals surface area contributed by atoms with Crippen LogP contribution in [-0.4, -0.2) is 25.1 Å². The van der Waals surface area contributed by atoms with Crippen molar-refractivity contribution in [2.45, 2.75) is 6.92 Å². The zero-order chi connectivity index (χ0) is 11.7. The minimum Gasteiger partial charge on any atom is -0.258 e. The topological polar surface area (TPSA) is 86.7 Å². The zero-order valence-electron chi connectivity index (χ0n) is 8.16. The van der Waals surface area contributed by atoms with Crippen LogP contribution in [0.25, 0.3) is 5.69 Å². The fourth-order valence-electron chi connectivity index (χ4n) is 1.28. The predicted molar refractivity (Wildman–Crippen MR) is 58.2 cm³/mol. The van der Waals surface area contributed by atoms with E-state index < -0.39 is 4.92 Å². The van der Waals surface area contributed by atoms with E-state index in [1.165, 1.54) is 10.7 Å². The average molecular weight is 284 g/mol. The number of tetrazole rings is 1. The van der Waals surface area contributed by atoms with Gasteiger partial charge in [0, 0.05) is 10.5 Å². The molecule has 0 amide bonds. The molecule has 0 fully saturated rings. The normalized spacial score (nSPS) is 10.4. The van der Waals surface area contributed by atoms with Gasteiger partial charge in [0.2, 0.25) is 0 Å². The maximum absolute atomic E-state index is 10.9. The van der Waals surface area contributed by atoms with Crippen molar-refractivity contribution >= 4 is 21.6 Å². The van der Waals surface area contributed by atoms with Crippen molar-refractivity contribution in [3.63, 3.8) is 0 Å². The summed E-state index contributed by atoms with van der Waals surface area (Å²) >= 11 is 3.18. The van der Waals surface area contributed by atoms with Gasteiger partial charge in [-0.2, -0.15) is 4.68 Å². The highest BCUT2D eigenvalue weighted by atomic mass is 79.9. The minimum absolute atomic E-state index is 0.0511. The summed E-state index contributed by atoms with van der Waals surface area (Å²) in [4.78, 5) is 10.4. The first kappa shape index (κ1) is 10.7. The minimum atomic E-state index is -0.471. The van der Waals surface area contributed by atoms with Gasteiger partial charge in [-0.15, -0.1) is 5.10 Å². The van der Waals surface area contributed by atoms with Crippen molar-refractivity contribution in [2.24, 2.45) is 0 Å². The molecule has 1 aromatic heterocycles. The molecular formula is C8H6BrN5O2. The van der Waals surface area contributed by atoms with Crippen LogP contribution in [0.2, 0.25) is 0 Å². The van der Waals surface area contributed by atoms with E-state index in [1.54, 1.807) is 19.1 Å². The number of halogens is 1. The Morgan fingerprint density at radius 1 is 1.50 bits per heavy atom. The van der Waals surface area contributed by atoms with Crippen LogP contribution in [0.5, 0.6) is 0 Å². The van der Waals surface area contributed by atoms with Crippen molar-refractivity contribution in [2.75, 3.05) is 0 Å². The first-order valence-corrected chi connectivity index (χ1v) is 5.08. The number of aryl methyl sites for hydroxylation is 1. The number of rotatable bonds is 2. The van der Waals surface area contributed by atoms with Gasteiger partial charge >= 0.3 is 0 Å². The van der Waals surface area contributed by atoms with Gasteiger partial charge in [-0.3, -0.25) is 10.1 Å². The van der Waals surface area contributed by atoms with E-state index in [0.717, 1.165) is 0 Å². The van der Waals surface area contributed by atoms with Crippen LogP contribution in [-0.2, 0) is 0 Å². The Morgan fingerprint density at radius 3 is 2.81 bits per heavy atom. The SMILES string of the molecule is Cc1nnnn1-c1ccc(Br)cc1[N+](=O)[O-]. The molecule has 0 saturated heterocycles. The quantitative estimate of drug-likeness (QED) is 0.618. The standard InChI is InChI=1S/C8H6BrN5O2/c1-5-10-11-12-13(5)7-3-2-6(9)4-8(7)14(15)16/h2-4H,1H3. The molecule has 1 aromatic carbocycles. The Bertz CT molecular complexity index is 553. The summed E-state index contributed by atoms with van der Waals surface area (Å²) in [7, 11) is 0. The third kappa shape index (κ3) is 1.78. The number of nitro groups is 1. The average Bonchev–Trinajstić information content (AvgIpc) is 2.64. The molecule has 0 aliphatic rings. The highest BCUT2D eigenvalue weighted by Gasteiger charge is 2.18. The zero-order valence-corrected chi connectivity index (χ0v) is 9.75. The van der Waals surface area contributed by atoms with Gasteiger partial charge in [0.1, 0.15) is 5.69 Å². The first-order valence-electron chi connectivity index (χ1n) is 4.29. The fourth-order valence-corrected chi connectivity index (χ4v) is 1.63. The van der Waals surface area contributed by atoms with E-state index >= 15 is 0 Å². The van der Waals surface area contributed by atoms with Gasteiger partial charge in [0.05, 0.1) is 4.92 Å². The highest BCUT2D eigenvalue weighted by molar-refractivity contribution is 9.10. The molecule has 0 saturated carbocycles.